The number of hydrogen-bond donors (Lipinski definition) is 1. The van der Waals surface area contributed by atoms with Crippen molar-refractivity contribution in [3.63, 3.8) is 0 Å². The Morgan fingerprint density at radius 1 is 0.914 bits per heavy atom. The van der Waals surface area contributed by atoms with E-state index in [9.17, 15) is 9.90 Å². The van der Waals surface area contributed by atoms with Crippen LogP contribution in [0.25, 0.3) is 0 Å². The van der Waals surface area contributed by atoms with E-state index in [1.165, 1.54) is 57.8 Å². The molecule has 198 valence electrons. The van der Waals surface area contributed by atoms with Gasteiger partial charge in [-0.25, -0.2) is 0 Å². The van der Waals surface area contributed by atoms with Crippen LogP contribution >= 0.6 is 0 Å². The number of carbonyl (C=O) groups excluding carboxylic acids is 1. The van der Waals surface area contributed by atoms with Crippen molar-refractivity contribution in [2.75, 3.05) is 6.61 Å². The summed E-state index contributed by atoms with van der Waals surface area (Å²) in [4.78, 5) is 11.9. The van der Waals surface area contributed by atoms with E-state index >= 15 is 0 Å². The molecule has 0 aromatic heterocycles. The maximum Gasteiger partial charge on any atom is 0.302 e. The third-order valence-electron chi connectivity index (χ3n) is 13.4. The number of carbonyl (C=O) groups is 1. The van der Waals surface area contributed by atoms with Crippen LogP contribution in [0, 0.1) is 50.7 Å². The first kappa shape index (κ1) is 25.8. The van der Waals surface area contributed by atoms with E-state index in [4.69, 9.17) is 4.74 Å². The Morgan fingerprint density at radius 2 is 1.63 bits per heavy atom. The minimum atomic E-state index is -0.161. The second-order valence-electron chi connectivity index (χ2n) is 15.1. The second-order valence-corrected chi connectivity index (χ2v) is 15.1. The van der Waals surface area contributed by atoms with Crippen molar-refractivity contribution in [1.29, 1.82) is 0 Å². The molecule has 3 nitrogen and oxygen atoms in total. The molecule has 8 atom stereocenters. The van der Waals surface area contributed by atoms with Gasteiger partial charge in [0, 0.05) is 12.3 Å². The largest absolute Gasteiger partial charge is 0.465 e. The van der Waals surface area contributed by atoms with Gasteiger partial charge in [-0.3, -0.25) is 4.79 Å². The second kappa shape index (κ2) is 8.08. The van der Waals surface area contributed by atoms with Gasteiger partial charge in [0.15, 0.2) is 0 Å². The molecule has 0 spiro atoms. The number of hydrogen-bond acceptors (Lipinski definition) is 3. The van der Waals surface area contributed by atoms with Crippen LogP contribution in [-0.4, -0.2) is 23.8 Å². The van der Waals surface area contributed by atoms with E-state index in [1.807, 2.05) is 0 Å². The molecule has 5 aliphatic rings. The fourth-order valence-electron chi connectivity index (χ4n) is 11.2. The van der Waals surface area contributed by atoms with Crippen molar-refractivity contribution in [2.24, 2.45) is 50.7 Å². The molecule has 0 bridgehead atoms. The molecule has 5 aliphatic carbocycles. The van der Waals surface area contributed by atoms with Crippen molar-refractivity contribution in [3.05, 3.63) is 11.1 Å². The summed E-state index contributed by atoms with van der Waals surface area (Å²) in [5, 5.41) is 10.9. The van der Waals surface area contributed by atoms with Crippen LogP contribution in [0.5, 0.6) is 0 Å². The maximum absolute atomic E-state index is 11.9. The average Bonchev–Trinajstić information content (AvgIpc) is 3.16. The number of rotatable bonds is 3. The van der Waals surface area contributed by atoms with Gasteiger partial charge >= 0.3 is 5.97 Å². The van der Waals surface area contributed by atoms with Gasteiger partial charge in [0.05, 0.1) is 6.10 Å². The lowest BCUT2D eigenvalue weighted by Crippen LogP contribution is -2.65. The minimum absolute atomic E-state index is 0.0105. The van der Waals surface area contributed by atoms with Crippen molar-refractivity contribution < 1.29 is 14.6 Å². The number of aliphatic hydroxyl groups excluding tert-OH is 1. The zero-order valence-electron chi connectivity index (χ0n) is 23.9. The molecule has 0 aromatic carbocycles. The quantitative estimate of drug-likeness (QED) is 0.329. The fourth-order valence-corrected chi connectivity index (χ4v) is 11.2. The van der Waals surface area contributed by atoms with E-state index in [-0.39, 0.29) is 22.9 Å². The summed E-state index contributed by atoms with van der Waals surface area (Å²) >= 11 is 0. The molecule has 1 N–H and O–H groups in total. The molecule has 0 saturated heterocycles. The Kier molecular flexibility index (Phi) is 5.96. The number of allylic oxidation sites excluding steroid dienone is 1. The number of fused-ring (bicyclic) bond motifs is 7. The van der Waals surface area contributed by atoms with Crippen LogP contribution in [0.1, 0.15) is 120 Å². The van der Waals surface area contributed by atoms with Gasteiger partial charge in [0.25, 0.3) is 0 Å². The summed E-state index contributed by atoms with van der Waals surface area (Å²) in [6, 6.07) is 0. The molecule has 4 saturated carbocycles. The van der Waals surface area contributed by atoms with Crippen molar-refractivity contribution in [1.82, 2.24) is 0 Å². The highest BCUT2D eigenvalue weighted by molar-refractivity contribution is 5.66. The predicted molar refractivity (Wildman–Crippen MR) is 142 cm³/mol. The Labute approximate surface area is 214 Å². The van der Waals surface area contributed by atoms with Crippen LogP contribution < -0.4 is 0 Å². The Balaban J connectivity index is 1.55. The molecule has 0 heterocycles. The van der Waals surface area contributed by atoms with Gasteiger partial charge < -0.3 is 9.84 Å². The number of aliphatic hydroxyl groups is 1. The smallest absolute Gasteiger partial charge is 0.302 e. The first-order valence-corrected chi connectivity index (χ1v) is 14.8. The van der Waals surface area contributed by atoms with Crippen LogP contribution in [0.3, 0.4) is 0 Å². The molecule has 0 amide bonds. The Morgan fingerprint density at radius 3 is 2.29 bits per heavy atom. The molecule has 5 rings (SSSR count). The van der Waals surface area contributed by atoms with Gasteiger partial charge in [-0.15, -0.1) is 0 Å². The van der Waals surface area contributed by atoms with Crippen molar-refractivity contribution >= 4 is 5.97 Å². The van der Waals surface area contributed by atoms with Gasteiger partial charge in [-0.05, 0) is 110 Å². The van der Waals surface area contributed by atoms with Crippen LogP contribution in [-0.2, 0) is 9.53 Å². The highest BCUT2D eigenvalue weighted by atomic mass is 16.5. The maximum atomic E-state index is 11.9. The van der Waals surface area contributed by atoms with Gasteiger partial charge in [0.2, 0.25) is 0 Å². The van der Waals surface area contributed by atoms with Crippen molar-refractivity contribution in [3.8, 4) is 0 Å². The summed E-state index contributed by atoms with van der Waals surface area (Å²) in [5.41, 5.74) is 4.45. The summed E-state index contributed by atoms with van der Waals surface area (Å²) in [6.45, 7) is 19.6. The Hall–Kier alpha value is -0.830. The number of esters is 1. The average molecular weight is 485 g/mol. The van der Waals surface area contributed by atoms with E-state index in [1.54, 1.807) is 18.1 Å². The number of ether oxygens (including phenoxy) is 1. The van der Waals surface area contributed by atoms with E-state index in [2.05, 4.69) is 48.5 Å². The van der Waals surface area contributed by atoms with E-state index in [0.717, 1.165) is 12.3 Å². The molecular weight excluding hydrogens is 432 g/mol. The molecule has 4 fully saturated rings. The lowest BCUT2D eigenvalue weighted by molar-refractivity contribution is -0.229. The zero-order valence-corrected chi connectivity index (χ0v) is 23.9. The zero-order chi connectivity index (χ0) is 25.6. The van der Waals surface area contributed by atoms with Crippen LogP contribution in [0.15, 0.2) is 11.1 Å². The lowest BCUT2D eigenvalue weighted by Gasteiger charge is -2.72. The standard InChI is InChI=1S/C32H52O3/c1-20(2)22-11-16-32(19-35-21(3)33)18-17-30(7)23(27(22)32)9-10-25-29(6)14-13-26(34)28(4,5)24(29)12-15-31(25,30)8/h20,23-26,34H,9-19H2,1-8H3/t23-,24+,25-,26+,29+,30-,31-,32-/m1/s1. The topological polar surface area (TPSA) is 46.5 Å². The summed E-state index contributed by atoms with van der Waals surface area (Å²) < 4.78 is 5.78. The summed E-state index contributed by atoms with van der Waals surface area (Å²) in [5.74, 6) is 2.41. The molecular formula is C32H52O3. The molecule has 0 aromatic rings. The van der Waals surface area contributed by atoms with E-state index < -0.39 is 0 Å². The monoisotopic (exact) mass is 484 g/mol. The van der Waals surface area contributed by atoms with Gasteiger partial charge in [-0.1, -0.05) is 59.6 Å². The predicted octanol–water partition coefficient (Wildman–Crippen LogP) is 7.71. The van der Waals surface area contributed by atoms with Crippen molar-refractivity contribution in [2.45, 2.75) is 126 Å². The van der Waals surface area contributed by atoms with Crippen LogP contribution in [0.2, 0.25) is 0 Å². The summed E-state index contributed by atoms with van der Waals surface area (Å²) in [7, 11) is 0. The van der Waals surface area contributed by atoms with Gasteiger partial charge in [-0.2, -0.15) is 0 Å². The highest BCUT2D eigenvalue weighted by Gasteiger charge is 2.69. The molecule has 0 radical (unpaired) electrons. The molecule has 0 unspecified atom stereocenters. The molecule has 35 heavy (non-hydrogen) atoms. The normalized spacial score (nSPS) is 48.6. The van der Waals surface area contributed by atoms with E-state index in [0.29, 0.717) is 40.6 Å². The molecule has 3 heteroatoms. The lowest BCUT2D eigenvalue weighted by atomic mass is 9.33. The highest BCUT2D eigenvalue weighted by Crippen LogP contribution is 2.76. The Bertz CT molecular complexity index is 916. The molecule has 0 aliphatic heterocycles. The third kappa shape index (κ3) is 3.34. The summed E-state index contributed by atoms with van der Waals surface area (Å²) in [6.07, 6.45) is 11.9. The first-order chi connectivity index (χ1) is 16.2. The SMILES string of the molecule is CC(=O)OC[C@]12CCC(C(C)C)=C1[C@H]1CC[C@@H]3[C@@]4(C)CC[C@H](O)C(C)(C)[C@@H]4CC[C@@]3(C)[C@]1(C)CC2. The third-order valence-corrected chi connectivity index (χ3v) is 13.4. The van der Waals surface area contributed by atoms with Crippen LogP contribution in [0.4, 0.5) is 0 Å². The first-order valence-electron chi connectivity index (χ1n) is 14.8. The van der Waals surface area contributed by atoms with Gasteiger partial charge in [0.1, 0.15) is 6.61 Å². The minimum Gasteiger partial charge on any atom is -0.465 e. The fraction of sp³-hybridized carbons (Fsp3) is 0.906.